The average Bonchev–Trinajstić information content (AvgIpc) is 3.15. The van der Waals surface area contributed by atoms with Crippen molar-refractivity contribution in [1.82, 2.24) is 0 Å². The van der Waals surface area contributed by atoms with Gasteiger partial charge in [0.25, 0.3) is 5.91 Å². The first-order chi connectivity index (χ1) is 13.7. The normalized spacial score (nSPS) is 16.7. The molecule has 2 aromatic rings. The van der Waals surface area contributed by atoms with E-state index in [1.54, 1.807) is 0 Å². The SMILES string of the molecule is CCN1CCc2ccc(NC(=O)COc3ccc(C4SCCCS4)cc3)cc21. The number of ether oxygens (including phenoxy) is 1. The van der Waals surface area contributed by atoms with Gasteiger partial charge in [-0.15, -0.1) is 23.5 Å². The molecular weight excluding hydrogens is 388 g/mol. The molecule has 4 rings (SSSR count). The van der Waals surface area contributed by atoms with Gasteiger partial charge in [0.15, 0.2) is 6.61 Å². The Labute approximate surface area is 175 Å². The molecule has 0 spiro atoms. The fourth-order valence-corrected chi connectivity index (χ4v) is 6.49. The Morgan fingerprint density at radius 2 is 1.96 bits per heavy atom. The summed E-state index contributed by atoms with van der Waals surface area (Å²) in [6.45, 7) is 4.22. The number of rotatable bonds is 6. The van der Waals surface area contributed by atoms with Crippen LogP contribution >= 0.6 is 23.5 Å². The van der Waals surface area contributed by atoms with Gasteiger partial charge >= 0.3 is 0 Å². The Balaban J connectivity index is 1.30. The van der Waals surface area contributed by atoms with Crippen LogP contribution in [0.2, 0.25) is 0 Å². The molecule has 2 aromatic carbocycles. The lowest BCUT2D eigenvalue weighted by molar-refractivity contribution is -0.118. The van der Waals surface area contributed by atoms with Crippen LogP contribution < -0.4 is 15.0 Å². The van der Waals surface area contributed by atoms with Crippen LogP contribution in [-0.4, -0.2) is 37.1 Å². The molecule has 1 fully saturated rings. The highest BCUT2D eigenvalue weighted by Crippen LogP contribution is 2.43. The molecule has 1 saturated heterocycles. The van der Waals surface area contributed by atoms with Gasteiger partial charge in [0.2, 0.25) is 0 Å². The number of hydrogen-bond acceptors (Lipinski definition) is 5. The van der Waals surface area contributed by atoms with Crippen LogP contribution in [0.25, 0.3) is 0 Å². The standard InChI is InChI=1S/C22H26N2O2S2/c1-2-24-11-10-16-4-7-18(14-20(16)24)23-21(25)15-26-19-8-5-17(6-9-19)22-27-12-3-13-28-22/h4-9,14,22H,2-3,10-13,15H2,1H3,(H,23,25). The second-order valence-corrected chi connectivity index (χ2v) is 9.73. The zero-order valence-corrected chi connectivity index (χ0v) is 17.8. The van der Waals surface area contributed by atoms with Crippen molar-refractivity contribution < 1.29 is 9.53 Å². The molecule has 2 aliphatic heterocycles. The van der Waals surface area contributed by atoms with Crippen LogP contribution in [0.1, 0.15) is 29.1 Å². The van der Waals surface area contributed by atoms with Crippen molar-refractivity contribution in [3.05, 3.63) is 53.6 Å². The van der Waals surface area contributed by atoms with Gasteiger partial charge in [-0.1, -0.05) is 18.2 Å². The smallest absolute Gasteiger partial charge is 0.262 e. The molecule has 1 amide bonds. The minimum Gasteiger partial charge on any atom is -0.484 e. The van der Waals surface area contributed by atoms with E-state index in [-0.39, 0.29) is 12.5 Å². The molecule has 4 nitrogen and oxygen atoms in total. The first-order valence-corrected chi connectivity index (χ1v) is 12.0. The summed E-state index contributed by atoms with van der Waals surface area (Å²) in [5.41, 5.74) is 4.74. The van der Waals surface area contributed by atoms with Gasteiger partial charge in [0, 0.05) is 24.5 Å². The van der Waals surface area contributed by atoms with E-state index in [9.17, 15) is 4.79 Å². The predicted molar refractivity (Wildman–Crippen MR) is 121 cm³/mol. The van der Waals surface area contributed by atoms with Crippen LogP contribution in [-0.2, 0) is 11.2 Å². The highest BCUT2D eigenvalue weighted by atomic mass is 32.2. The third-order valence-corrected chi connectivity index (χ3v) is 8.11. The van der Waals surface area contributed by atoms with E-state index in [0.717, 1.165) is 30.9 Å². The summed E-state index contributed by atoms with van der Waals surface area (Å²) in [7, 11) is 0. The van der Waals surface area contributed by atoms with Crippen molar-refractivity contribution in [3.8, 4) is 5.75 Å². The summed E-state index contributed by atoms with van der Waals surface area (Å²) in [5, 5.41) is 2.95. The Hall–Kier alpha value is -1.79. The third kappa shape index (κ3) is 4.61. The minimum atomic E-state index is -0.136. The largest absolute Gasteiger partial charge is 0.484 e. The molecule has 148 valence electrons. The third-order valence-electron chi connectivity index (χ3n) is 5.09. The number of carbonyl (C=O) groups excluding carboxylic acids is 1. The highest BCUT2D eigenvalue weighted by Gasteiger charge is 2.18. The zero-order valence-electron chi connectivity index (χ0n) is 16.1. The van der Waals surface area contributed by atoms with Crippen molar-refractivity contribution >= 4 is 40.8 Å². The van der Waals surface area contributed by atoms with Crippen LogP contribution in [0.15, 0.2) is 42.5 Å². The van der Waals surface area contributed by atoms with Crippen LogP contribution in [0, 0.1) is 0 Å². The Kier molecular flexibility index (Phi) is 6.37. The van der Waals surface area contributed by atoms with Crippen LogP contribution in [0.4, 0.5) is 11.4 Å². The van der Waals surface area contributed by atoms with Crippen molar-refractivity contribution in [3.63, 3.8) is 0 Å². The average molecular weight is 415 g/mol. The number of benzene rings is 2. The monoisotopic (exact) mass is 414 g/mol. The van der Waals surface area contributed by atoms with Gasteiger partial charge in [-0.25, -0.2) is 0 Å². The summed E-state index contributed by atoms with van der Waals surface area (Å²) in [6.07, 6.45) is 2.37. The maximum Gasteiger partial charge on any atom is 0.262 e. The number of fused-ring (bicyclic) bond motifs is 1. The summed E-state index contributed by atoms with van der Waals surface area (Å²) in [5.74, 6) is 3.06. The summed E-state index contributed by atoms with van der Waals surface area (Å²) in [6, 6.07) is 14.3. The Morgan fingerprint density at radius 3 is 2.71 bits per heavy atom. The quantitative estimate of drug-likeness (QED) is 0.724. The molecule has 0 radical (unpaired) electrons. The van der Waals surface area contributed by atoms with E-state index in [1.165, 1.54) is 34.7 Å². The molecule has 6 heteroatoms. The zero-order chi connectivity index (χ0) is 19.3. The fourth-order valence-electron chi connectivity index (χ4n) is 3.60. The van der Waals surface area contributed by atoms with E-state index in [2.05, 4.69) is 41.4 Å². The number of amides is 1. The molecule has 0 bridgehead atoms. The van der Waals surface area contributed by atoms with Crippen molar-refractivity contribution in [2.45, 2.75) is 24.3 Å². The molecule has 2 aliphatic rings. The molecule has 1 N–H and O–H groups in total. The van der Waals surface area contributed by atoms with Gasteiger partial charge in [-0.05, 0) is 66.7 Å². The van der Waals surface area contributed by atoms with Gasteiger partial charge < -0.3 is 15.0 Å². The first-order valence-electron chi connectivity index (χ1n) is 9.86. The van der Waals surface area contributed by atoms with E-state index in [4.69, 9.17) is 4.74 Å². The first kappa shape index (κ1) is 19.5. The molecule has 0 aliphatic carbocycles. The number of nitrogens with zero attached hydrogens (tertiary/aromatic N) is 1. The summed E-state index contributed by atoms with van der Waals surface area (Å²) >= 11 is 4.01. The predicted octanol–water partition coefficient (Wildman–Crippen LogP) is 4.96. The molecule has 0 aromatic heterocycles. The van der Waals surface area contributed by atoms with Crippen molar-refractivity contribution in [2.24, 2.45) is 0 Å². The summed E-state index contributed by atoms with van der Waals surface area (Å²) < 4.78 is 6.20. The maximum absolute atomic E-state index is 12.3. The molecule has 28 heavy (non-hydrogen) atoms. The maximum atomic E-state index is 12.3. The Morgan fingerprint density at radius 1 is 1.18 bits per heavy atom. The number of likely N-dealkylation sites (N-methyl/N-ethyl adjacent to an activating group) is 1. The van der Waals surface area contributed by atoms with E-state index in [0.29, 0.717) is 4.58 Å². The number of anilines is 2. The number of thioether (sulfide) groups is 2. The van der Waals surface area contributed by atoms with E-state index in [1.807, 2.05) is 41.7 Å². The summed E-state index contributed by atoms with van der Waals surface area (Å²) in [4.78, 5) is 14.6. The lowest BCUT2D eigenvalue weighted by Crippen LogP contribution is -2.21. The minimum absolute atomic E-state index is 0.0147. The lowest BCUT2D eigenvalue weighted by Gasteiger charge is -2.21. The van der Waals surface area contributed by atoms with E-state index >= 15 is 0 Å². The number of hydrogen-bond donors (Lipinski definition) is 1. The van der Waals surface area contributed by atoms with Crippen molar-refractivity contribution in [1.29, 1.82) is 0 Å². The second kappa shape index (κ2) is 9.14. The van der Waals surface area contributed by atoms with Gasteiger partial charge in [0.05, 0.1) is 4.58 Å². The van der Waals surface area contributed by atoms with Crippen molar-refractivity contribution in [2.75, 3.05) is 41.4 Å². The Bertz CT molecular complexity index is 820. The molecular formula is C22H26N2O2S2. The fraction of sp³-hybridized carbons (Fsp3) is 0.409. The molecule has 0 atom stereocenters. The number of carbonyl (C=O) groups is 1. The highest BCUT2D eigenvalue weighted by molar-refractivity contribution is 8.16. The van der Waals surface area contributed by atoms with Crippen LogP contribution in [0.3, 0.4) is 0 Å². The molecule has 2 heterocycles. The van der Waals surface area contributed by atoms with Gasteiger partial charge in [-0.2, -0.15) is 0 Å². The van der Waals surface area contributed by atoms with E-state index < -0.39 is 0 Å². The lowest BCUT2D eigenvalue weighted by atomic mass is 10.1. The second-order valence-electron chi connectivity index (χ2n) is 7.01. The van der Waals surface area contributed by atoms with Gasteiger partial charge in [0.1, 0.15) is 5.75 Å². The van der Waals surface area contributed by atoms with Gasteiger partial charge in [-0.3, -0.25) is 4.79 Å². The van der Waals surface area contributed by atoms with Crippen LogP contribution in [0.5, 0.6) is 5.75 Å². The molecule has 0 saturated carbocycles. The topological polar surface area (TPSA) is 41.6 Å². The number of nitrogens with one attached hydrogen (secondary N) is 1. The molecule has 0 unspecified atom stereocenters.